The quantitative estimate of drug-likeness (QED) is 0.815. The van der Waals surface area contributed by atoms with Gasteiger partial charge in [0.2, 0.25) is 11.8 Å². The number of hydrogen-bond acceptors (Lipinski definition) is 4. The Hall–Kier alpha value is -2.60. The maximum absolute atomic E-state index is 12.8. The molecule has 29 heavy (non-hydrogen) atoms. The fraction of sp³-hybridized carbons (Fsp3) is 0.478. The summed E-state index contributed by atoms with van der Waals surface area (Å²) >= 11 is 0. The van der Waals surface area contributed by atoms with E-state index in [-0.39, 0.29) is 30.2 Å². The summed E-state index contributed by atoms with van der Waals surface area (Å²) in [7, 11) is 0. The summed E-state index contributed by atoms with van der Waals surface area (Å²) in [4.78, 5) is 29.4. The first kappa shape index (κ1) is 19.7. The van der Waals surface area contributed by atoms with Crippen LogP contribution >= 0.6 is 0 Å². The van der Waals surface area contributed by atoms with Crippen LogP contribution in [-0.4, -0.2) is 42.9 Å². The van der Waals surface area contributed by atoms with Crippen LogP contribution < -0.4 is 10.2 Å². The zero-order valence-electron chi connectivity index (χ0n) is 17.0. The molecule has 0 aliphatic carbocycles. The lowest BCUT2D eigenvalue weighted by atomic mass is 10.1. The maximum atomic E-state index is 12.8. The summed E-state index contributed by atoms with van der Waals surface area (Å²) < 4.78 is 5.65. The third kappa shape index (κ3) is 4.53. The summed E-state index contributed by atoms with van der Waals surface area (Å²) in [6, 6.07) is 11.8. The average molecular weight is 396 g/mol. The van der Waals surface area contributed by atoms with E-state index < -0.39 is 0 Å². The molecule has 6 heteroatoms. The lowest BCUT2D eigenvalue weighted by molar-refractivity contribution is -0.126. The maximum Gasteiger partial charge on any atom is 0.227 e. The highest BCUT2D eigenvalue weighted by molar-refractivity contribution is 6.00. The second-order valence-corrected chi connectivity index (χ2v) is 8.11. The van der Waals surface area contributed by atoms with E-state index in [0.717, 1.165) is 30.1 Å². The molecule has 0 radical (unpaired) electrons. The number of amides is 2. The molecule has 2 saturated heterocycles. The van der Waals surface area contributed by atoms with Gasteiger partial charge in [-0.2, -0.15) is 0 Å². The molecule has 6 nitrogen and oxygen atoms in total. The molecule has 4 rings (SSSR count). The monoisotopic (exact) mass is 395 g/mol. The minimum absolute atomic E-state index is 0.00705. The number of anilines is 1. The van der Waals surface area contributed by atoms with Crippen molar-refractivity contribution >= 4 is 17.5 Å². The van der Waals surface area contributed by atoms with Gasteiger partial charge in [0.05, 0.1) is 18.2 Å². The van der Waals surface area contributed by atoms with Gasteiger partial charge in [0.25, 0.3) is 0 Å². The third-order valence-corrected chi connectivity index (χ3v) is 6.01. The number of hydrogen-bond donors (Lipinski definition) is 1. The average Bonchev–Trinajstić information content (AvgIpc) is 3.40. The molecule has 0 spiro atoms. The molecule has 2 aliphatic heterocycles. The molecule has 2 amide bonds. The van der Waals surface area contributed by atoms with Crippen LogP contribution in [0, 0.1) is 12.8 Å². The summed E-state index contributed by atoms with van der Waals surface area (Å²) in [6.07, 6.45) is 5.55. The first-order valence-electron chi connectivity index (χ1n) is 10.5. The van der Waals surface area contributed by atoms with Crippen molar-refractivity contribution in [1.82, 2.24) is 10.2 Å². The second-order valence-electron chi connectivity index (χ2n) is 8.11. The summed E-state index contributed by atoms with van der Waals surface area (Å²) in [5, 5.41) is 3.09. The van der Waals surface area contributed by atoms with Crippen molar-refractivity contribution in [2.45, 2.75) is 38.6 Å². The Balaban J connectivity index is 1.38. The first-order valence-corrected chi connectivity index (χ1v) is 10.5. The van der Waals surface area contributed by atoms with Crippen LogP contribution in [0.3, 0.4) is 0 Å². The van der Waals surface area contributed by atoms with Crippen molar-refractivity contribution < 1.29 is 14.0 Å². The fourth-order valence-electron chi connectivity index (χ4n) is 4.32. The van der Waals surface area contributed by atoms with E-state index in [1.165, 1.54) is 19.3 Å². The number of nitrogens with one attached hydrogen (secondary N) is 1. The Morgan fingerprint density at radius 3 is 2.62 bits per heavy atom. The number of carbonyl (C=O) groups excluding carboxylic acids is 2. The van der Waals surface area contributed by atoms with E-state index in [1.54, 1.807) is 11.2 Å². The lowest BCUT2D eigenvalue weighted by Gasteiger charge is -2.33. The number of rotatable bonds is 6. The topological polar surface area (TPSA) is 65.8 Å². The van der Waals surface area contributed by atoms with Crippen LogP contribution in [0.15, 0.2) is 47.1 Å². The highest BCUT2D eigenvalue weighted by Crippen LogP contribution is 2.27. The molecule has 154 valence electrons. The van der Waals surface area contributed by atoms with Crippen molar-refractivity contribution in [1.29, 1.82) is 0 Å². The largest absolute Gasteiger partial charge is 0.468 e. The highest BCUT2D eigenvalue weighted by atomic mass is 16.3. The summed E-state index contributed by atoms with van der Waals surface area (Å²) in [6.45, 7) is 4.99. The van der Waals surface area contributed by atoms with E-state index in [0.29, 0.717) is 13.1 Å². The number of aryl methyl sites for hydroxylation is 1. The van der Waals surface area contributed by atoms with Crippen LogP contribution in [0.1, 0.15) is 43.0 Å². The molecule has 1 N–H and O–H groups in total. The van der Waals surface area contributed by atoms with E-state index in [9.17, 15) is 9.59 Å². The van der Waals surface area contributed by atoms with Crippen molar-refractivity contribution in [2.24, 2.45) is 5.92 Å². The van der Waals surface area contributed by atoms with Crippen molar-refractivity contribution in [3.8, 4) is 0 Å². The Labute approximate surface area is 171 Å². The summed E-state index contributed by atoms with van der Waals surface area (Å²) in [5.41, 5.74) is 2.01. The van der Waals surface area contributed by atoms with Gasteiger partial charge in [-0.15, -0.1) is 0 Å². The zero-order valence-corrected chi connectivity index (χ0v) is 17.0. The Morgan fingerprint density at radius 1 is 1.17 bits per heavy atom. The van der Waals surface area contributed by atoms with Gasteiger partial charge in [-0.3, -0.25) is 14.5 Å². The molecule has 2 aromatic rings. The van der Waals surface area contributed by atoms with Gasteiger partial charge >= 0.3 is 0 Å². The van der Waals surface area contributed by atoms with Crippen molar-refractivity contribution in [3.63, 3.8) is 0 Å². The van der Waals surface area contributed by atoms with E-state index >= 15 is 0 Å². The normalized spacial score (nSPS) is 21.3. The predicted molar refractivity (Wildman–Crippen MR) is 112 cm³/mol. The van der Waals surface area contributed by atoms with Crippen LogP contribution in [0.25, 0.3) is 0 Å². The predicted octanol–water partition coefficient (Wildman–Crippen LogP) is 3.28. The molecule has 1 aromatic carbocycles. The molecule has 0 bridgehead atoms. The minimum Gasteiger partial charge on any atom is -0.468 e. The van der Waals surface area contributed by atoms with E-state index in [1.807, 2.05) is 43.3 Å². The fourth-order valence-corrected chi connectivity index (χ4v) is 4.32. The molecular formula is C23H29N3O3. The molecule has 2 fully saturated rings. The molecule has 3 heterocycles. The summed E-state index contributed by atoms with van der Waals surface area (Å²) in [5.74, 6) is 0.521. The first-order chi connectivity index (χ1) is 14.1. The minimum atomic E-state index is -0.317. The van der Waals surface area contributed by atoms with Gasteiger partial charge in [0.1, 0.15) is 5.76 Å². The number of nitrogens with zero attached hydrogens (tertiary/aromatic N) is 2. The number of piperidine rings is 1. The molecule has 1 aromatic heterocycles. The Bertz CT molecular complexity index is 826. The van der Waals surface area contributed by atoms with Crippen LogP contribution in [-0.2, 0) is 9.59 Å². The van der Waals surface area contributed by atoms with Gasteiger partial charge in [-0.05, 0) is 57.1 Å². The third-order valence-electron chi connectivity index (χ3n) is 6.01. The highest BCUT2D eigenvalue weighted by Gasteiger charge is 2.35. The zero-order chi connectivity index (χ0) is 20.2. The van der Waals surface area contributed by atoms with Crippen LogP contribution in [0.5, 0.6) is 0 Å². The Morgan fingerprint density at radius 2 is 1.93 bits per heavy atom. The molecule has 2 atom stereocenters. The molecule has 0 unspecified atom stereocenters. The van der Waals surface area contributed by atoms with E-state index in [4.69, 9.17) is 4.42 Å². The van der Waals surface area contributed by atoms with Crippen molar-refractivity contribution in [2.75, 3.05) is 31.1 Å². The second kappa shape index (κ2) is 8.82. The van der Waals surface area contributed by atoms with Gasteiger partial charge in [-0.25, -0.2) is 0 Å². The van der Waals surface area contributed by atoms with Crippen LogP contribution in [0.4, 0.5) is 5.69 Å². The van der Waals surface area contributed by atoms with Gasteiger partial charge in [0, 0.05) is 25.2 Å². The van der Waals surface area contributed by atoms with Crippen molar-refractivity contribution in [3.05, 3.63) is 54.0 Å². The van der Waals surface area contributed by atoms with Crippen LogP contribution in [0.2, 0.25) is 0 Å². The number of carbonyl (C=O) groups is 2. The standard InChI is InChI=1S/C23H29N3O3/c1-17-7-9-19(10-8-17)26-16-18(14-22(26)27)23(28)24-15-20(21-6-5-13-29-21)25-11-3-2-4-12-25/h5-10,13,18,20H,2-4,11-12,14-16H2,1H3,(H,24,28)/t18-,20+/m0/s1. The van der Waals surface area contributed by atoms with Gasteiger partial charge in [0.15, 0.2) is 0 Å². The van der Waals surface area contributed by atoms with E-state index in [2.05, 4.69) is 10.2 Å². The molecule has 0 saturated carbocycles. The Kier molecular flexibility index (Phi) is 6.00. The molecular weight excluding hydrogens is 366 g/mol. The molecule has 2 aliphatic rings. The lowest BCUT2D eigenvalue weighted by Crippen LogP contribution is -2.42. The number of furan rings is 1. The van der Waals surface area contributed by atoms with Gasteiger partial charge in [-0.1, -0.05) is 24.1 Å². The SMILES string of the molecule is Cc1ccc(N2C[C@@H](C(=O)NC[C@H](c3ccco3)N3CCCCC3)CC2=O)cc1. The van der Waals surface area contributed by atoms with Gasteiger partial charge < -0.3 is 14.6 Å². The number of benzene rings is 1. The smallest absolute Gasteiger partial charge is 0.227 e. The number of likely N-dealkylation sites (tertiary alicyclic amines) is 1.